The van der Waals surface area contributed by atoms with E-state index in [2.05, 4.69) is 26.6 Å². The van der Waals surface area contributed by atoms with Gasteiger partial charge in [-0.25, -0.2) is 0 Å². The standard InChI is InChI=1S/C12H9BrN2O2/c13-10-6-5-9(17-10)11-14-8-4-2-1-3-7(8)12(16)15-11/h1-6,11,14H,(H,15,16). The van der Waals surface area contributed by atoms with Crippen LogP contribution in [0.15, 0.2) is 45.5 Å². The van der Waals surface area contributed by atoms with E-state index in [1.807, 2.05) is 24.3 Å². The topological polar surface area (TPSA) is 54.3 Å². The minimum atomic E-state index is -0.330. The molecule has 0 radical (unpaired) electrons. The molecule has 1 amide bonds. The van der Waals surface area contributed by atoms with E-state index in [-0.39, 0.29) is 12.1 Å². The quantitative estimate of drug-likeness (QED) is 0.850. The summed E-state index contributed by atoms with van der Waals surface area (Å²) in [5.74, 6) is 0.566. The summed E-state index contributed by atoms with van der Waals surface area (Å²) >= 11 is 3.24. The number of furan rings is 1. The second-order valence-electron chi connectivity index (χ2n) is 3.74. The molecular weight excluding hydrogens is 284 g/mol. The van der Waals surface area contributed by atoms with Crippen LogP contribution in [0.3, 0.4) is 0 Å². The maximum Gasteiger partial charge on any atom is 0.255 e. The molecule has 1 aromatic carbocycles. The molecule has 2 heterocycles. The van der Waals surface area contributed by atoms with E-state index in [1.54, 1.807) is 12.1 Å². The lowest BCUT2D eigenvalue weighted by Gasteiger charge is -2.26. The highest BCUT2D eigenvalue weighted by atomic mass is 79.9. The van der Waals surface area contributed by atoms with Crippen molar-refractivity contribution in [3.05, 3.63) is 52.4 Å². The third kappa shape index (κ3) is 1.82. The third-order valence-corrected chi connectivity index (χ3v) is 3.05. The number of carbonyl (C=O) groups is 1. The van der Waals surface area contributed by atoms with Crippen molar-refractivity contribution in [2.24, 2.45) is 0 Å². The Balaban J connectivity index is 1.96. The Hall–Kier alpha value is -1.75. The zero-order valence-corrected chi connectivity index (χ0v) is 10.3. The van der Waals surface area contributed by atoms with Crippen LogP contribution in [0.25, 0.3) is 0 Å². The second kappa shape index (κ2) is 3.92. The van der Waals surface area contributed by atoms with E-state index >= 15 is 0 Å². The molecule has 0 saturated heterocycles. The fourth-order valence-corrected chi connectivity index (χ4v) is 2.15. The van der Waals surface area contributed by atoms with Gasteiger partial charge < -0.3 is 15.1 Å². The molecule has 1 aliphatic heterocycles. The minimum absolute atomic E-state index is 0.100. The van der Waals surface area contributed by atoms with Crippen LogP contribution < -0.4 is 10.6 Å². The number of hydrogen-bond acceptors (Lipinski definition) is 3. The fourth-order valence-electron chi connectivity index (χ4n) is 1.83. The van der Waals surface area contributed by atoms with Crippen molar-refractivity contribution in [1.82, 2.24) is 5.32 Å². The minimum Gasteiger partial charge on any atom is -0.450 e. The maximum atomic E-state index is 11.9. The second-order valence-corrected chi connectivity index (χ2v) is 4.52. The van der Waals surface area contributed by atoms with Gasteiger partial charge in [0, 0.05) is 5.69 Å². The lowest BCUT2D eigenvalue weighted by Crippen LogP contribution is -2.38. The largest absolute Gasteiger partial charge is 0.450 e. The van der Waals surface area contributed by atoms with Gasteiger partial charge in [-0.05, 0) is 40.2 Å². The van der Waals surface area contributed by atoms with Gasteiger partial charge in [0.25, 0.3) is 5.91 Å². The lowest BCUT2D eigenvalue weighted by molar-refractivity contribution is 0.0930. The number of carbonyl (C=O) groups excluding carboxylic acids is 1. The molecule has 2 N–H and O–H groups in total. The van der Waals surface area contributed by atoms with Crippen molar-refractivity contribution < 1.29 is 9.21 Å². The van der Waals surface area contributed by atoms with Crippen LogP contribution in [0, 0.1) is 0 Å². The Bertz CT molecular complexity index is 579. The summed E-state index contributed by atoms with van der Waals surface area (Å²) in [7, 11) is 0. The normalized spacial score (nSPS) is 18.2. The first-order valence-electron chi connectivity index (χ1n) is 5.16. The number of hydrogen-bond donors (Lipinski definition) is 2. The average Bonchev–Trinajstić information content (AvgIpc) is 2.76. The molecule has 0 bridgehead atoms. The summed E-state index contributed by atoms with van der Waals surface area (Å²) in [6.45, 7) is 0. The fraction of sp³-hybridized carbons (Fsp3) is 0.0833. The molecule has 1 atom stereocenters. The number of anilines is 1. The van der Waals surface area contributed by atoms with Crippen molar-refractivity contribution in [2.75, 3.05) is 5.32 Å². The molecule has 86 valence electrons. The van der Waals surface area contributed by atoms with Gasteiger partial charge in [0.2, 0.25) is 0 Å². The van der Waals surface area contributed by atoms with Crippen LogP contribution in [0.5, 0.6) is 0 Å². The Morgan fingerprint density at radius 3 is 2.71 bits per heavy atom. The van der Waals surface area contributed by atoms with Gasteiger partial charge in [-0.1, -0.05) is 12.1 Å². The number of fused-ring (bicyclic) bond motifs is 1. The number of nitrogens with one attached hydrogen (secondary N) is 2. The van der Waals surface area contributed by atoms with Gasteiger partial charge in [-0.3, -0.25) is 4.79 Å². The number of rotatable bonds is 1. The van der Waals surface area contributed by atoms with E-state index in [0.29, 0.717) is 16.0 Å². The highest BCUT2D eigenvalue weighted by Gasteiger charge is 2.25. The number of para-hydroxylation sites is 1. The average molecular weight is 293 g/mol. The predicted molar refractivity (Wildman–Crippen MR) is 66.7 cm³/mol. The molecule has 1 unspecified atom stereocenters. The molecule has 4 nitrogen and oxygen atoms in total. The highest BCUT2D eigenvalue weighted by Crippen LogP contribution is 2.28. The third-order valence-electron chi connectivity index (χ3n) is 2.63. The molecule has 0 aliphatic carbocycles. The van der Waals surface area contributed by atoms with Crippen LogP contribution in [0.1, 0.15) is 22.3 Å². The van der Waals surface area contributed by atoms with E-state index in [4.69, 9.17) is 4.42 Å². The van der Waals surface area contributed by atoms with Gasteiger partial charge in [-0.2, -0.15) is 0 Å². The first-order chi connectivity index (χ1) is 8.24. The lowest BCUT2D eigenvalue weighted by atomic mass is 10.1. The van der Waals surface area contributed by atoms with E-state index in [0.717, 1.165) is 5.69 Å². The maximum absolute atomic E-state index is 11.9. The van der Waals surface area contributed by atoms with Crippen molar-refractivity contribution >= 4 is 27.5 Å². The van der Waals surface area contributed by atoms with Crippen molar-refractivity contribution in [3.8, 4) is 0 Å². The number of amides is 1. The van der Waals surface area contributed by atoms with Crippen LogP contribution in [0.2, 0.25) is 0 Å². The molecule has 1 aromatic heterocycles. The summed E-state index contributed by atoms with van der Waals surface area (Å²) in [4.78, 5) is 11.9. The summed E-state index contributed by atoms with van der Waals surface area (Å²) in [6.07, 6.45) is -0.330. The molecule has 17 heavy (non-hydrogen) atoms. The SMILES string of the molecule is O=C1NC(c2ccc(Br)o2)Nc2ccccc21. The molecule has 0 saturated carbocycles. The summed E-state index contributed by atoms with van der Waals surface area (Å²) in [5.41, 5.74) is 1.46. The molecule has 3 rings (SSSR count). The number of halogens is 1. The van der Waals surface area contributed by atoms with Crippen molar-refractivity contribution in [1.29, 1.82) is 0 Å². The Kier molecular flexibility index (Phi) is 2.40. The van der Waals surface area contributed by atoms with Gasteiger partial charge in [0.15, 0.2) is 10.8 Å². The smallest absolute Gasteiger partial charge is 0.255 e. The zero-order valence-electron chi connectivity index (χ0n) is 8.74. The van der Waals surface area contributed by atoms with Gasteiger partial charge >= 0.3 is 0 Å². The van der Waals surface area contributed by atoms with Crippen LogP contribution >= 0.6 is 15.9 Å². The zero-order chi connectivity index (χ0) is 11.8. The monoisotopic (exact) mass is 292 g/mol. The van der Waals surface area contributed by atoms with Gasteiger partial charge in [0.1, 0.15) is 5.76 Å². The summed E-state index contributed by atoms with van der Waals surface area (Å²) < 4.78 is 6.07. The van der Waals surface area contributed by atoms with Crippen LogP contribution in [-0.2, 0) is 0 Å². The molecule has 1 aliphatic rings. The highest BCUT2D eigenvalue weighted by molar-refractivity contribution is 9.10. The first kappa shape index (κ1) is 10.4. The Morgan fingerprint density at radius 2 is 1.94 bits per heavy atom. The molecular formula is C12H9BrN2O2. The predicted octanol–water partition coefficient (Wildman–Crippen LogP) is 2.90. The Morgan fingerprint density at radius 1 is 1.12 bits per heavy atom. The molecule has 0 spiro atoms. The van der Waals surface area contributed by atoms with Crippen LogP contribution in [0.4, 0.5) is 5.69 Å². The van der Waals surface area contributed by atoms with E-state index in [1.165, 1.54) is 0 Å². The summed E-state index contributed by atoms with van der Waals surface area (Å²) in [5, 5.41) is 6.05. The van der Waals surface area contributed by atoms with Crippen molar-refractivity contribution in [3.63, 3.8) is 0 Å². The molecule has 0 fully saturated rings. The van der Waals surface area contributed by atoms with Crippen LogP contribution in [-0.4, -0.2) is 5.91 Å². The van der Waals surface area contributed by atoms with Gasteiger partial charge in [-0.15, -0.1) is 0 Å². The Labute approximate surface area is 106 Å². The summed E-state index contributed by atoms with van der Waals surface area (Å²) in [6, 6.07) is 11.0. The molecule has 5 heteroatoms. The first-order valence-corrected chi connectivity index (χ1v) is 5.95. The van der Waals surface area contributed by atoms with Crippen molar-refractivity contribution in [2.45, 2.75) is 6.17 Å². The van der Waals surface area contributed by atoms with Gasteiger partial charge in [0.05, 0.1) is 5.56 Å². The van der Waals surface area contributed by atoms with E-state index < -0.39 is 0 Å². The number of benzene rings is 1. The molecule has 2 aromatic rings. The van der Waals surface area contributed by atoms with E-state index in [9.17, 15) is 4.79 Å².